The van der Waals surface area contributed by atoms with Crippen molar-refractivity contribution < 1.29 is 61.8 Å². The number of nitrogens with two attached hydrogens (primary N) is 2. The van der Waals surface area contributed by atoms with Gasteiger partial charge >= 0.3 is 0 Å². The molecule has 29 heteroatoms. The van der Waals surface area contributed by atoms with Crippen molar-refractivity contribution in [3.63, 3.8) is 0 Å². The number of phenolic OH excluding ortho intramolecular Hbond substituents is 1. The smallest absolute Gasteiger partial charge is 0.272 e. The number of aromatic nitrogens is 2. The van der Waals surface area contributed by atoms with Gasteiger partial charge in [-0.25, -0.2) is 13.8 Å². The normalized spacial score (nSPS) is 22.0. The number of phenols is 1. The highest BCUT2D eigenvalue weighted by atomic mass is 32.2. The fourth-order valence-electron chi connectivity index (χ4n) is 13.2. The van der Waals surface area contributed by atoms with Gasteiger partial charge in [0.15, 0.2) is 0 Å². The first-order valence-corrected chi connectivity index (χ1v) is 36.9. The number of unbranched alkanes of at least 4 members (excludes halogenated alkanes) is 1. The van der Waals surface area contributed by atoms with Gasteiger partial charge in [0.2, 0.25) is 59.3 Å². The number of carbonyl (C=O) groups is 10. The zero-order chi connectivity index (χ0) is 74.3. The average Bonchev–Trinajstić information content (AvgIpc) is 1.67. The number of fused-ring (bicyclic) bond motifs is 9. The van der Waals surface area contributed by atoms with Gasteiger partial charge in [-0.1, -0.05) is 84.9 Å². The fourth-order valence-corrected chi connectivity index (χ4v) is 15.1. The molecule has 5 heterocycles. The number of nitrogens with one attached hydrogen (secondary N) is 9. The van der Waals surface area contributed by atoms with E-state index in [2.05, 4.69) is 47.2 Å². The maximum absolute atomic E-state index is 15.7. The van der Waals surface area contributed by atoms with Crippen LogP contribution in [0.2, 0.25) is 0 Å². The molecule has 1 fully saturated rings. The van der Waals surface area contributed by atoms with Gasteiger partial charge in [-0.05, 0) is 128 Å². The van der Waals surface area contributed by atoms with Gasteiger partial charge in [0.1, 0.15) is 59.7 Å². The zero-order valence-corrected chi connectivity index (χ0v) is 59.2. The number of thioether (sulfide) groups is 2. The minimum atomic E-state index is -1.90. The predicted octanol–water partition coefficient (Wildman–Crippen LogP) is 5.09. The number of H-pyrrole nitrogens is 2. The second-order valence-corrected chi connectivity index (χ2v) is 28.5. The summed E-state index contributed by atoms with van der Waals surface area (Å²) in [5, 5.41) is 30.2. The third-order valence-electron chi connectivity index (χ3n) is 18.8. The van der Waals surface area contributed by atoms with E-state index < -0.39 is 126 Å². The van der Waals surface area contributed by atoms with Crippen LogP contribution in [-0.2, 0) is 78.7 Å². The van der Waals surface area contributed by atoms with Crippen LogP contribution in [0.4, 0.5) is 14.5 Å². The van der Waals surface area contributed by atoms with Crippen LogP contribution in [0.25, 0.3) is 21.8 Å². The maximum atomic E-state index is 15.7. The SMILES string of the molecule is C[C@@]12CCCN1C(=O)[C@H](Cc1ccc(O)cc1)NC(=O)CN1C(=O)[C@@H](N=C(c3ccccc3)c3ccccc31)NC(=O)[C@@H](Cc1c[nH]c3ccc(F)cc13)NC(=O)[C@H](Cc1c[nH]c3ccc(F)cc13)NC(=O)CNC(=O)[C@H](CCCCN)NC(=O)CCSCc1cccc(c1)CSC[C@@H](C(N)=O)NC2=O. The number of benzene rings is 6. The number of para-hydroxylation sites is 1. The molecule has 4 bridgehead atoms. The van der Waals surface area contributed by atoms with Crippen LogP contribution in [0.15, 0.2) is 157 Å². The molecular formula is C76H82F2N14O11S2. The molecule has 25 nitrogen and oxygen atoms in total. The van der Waals surface area contributed by atoms with Crippen LogP contribution in [0.1, 0.15) is 84.4 Å². The number of halogens is 2. The van der Waals surface area contributed by atoms with Crippen LogP contribution in [0, 0.1) is 11.6 Å². The molecule has 0 spiro atoms. The van der Waals surface area contributed by atoms with Crippen molar-refractivity contribution in [2.45, 2.75) is 118 Å². The van der Waals surface area contributed by atoms with Crippen LogP contribution >= 0.6 is 23.5 Å². The third-order valence-corrected chi connectivity index (χ3v) is 20.9. The van der Waals surface area contributed by atoms with E-state index in [1.54, 1.807) is 73.7 Å². The highest BCUT2D eigenvalue weighted by Crippen LogP contribution is 2.33. The van der Waals surface area contributed by atoms with Crippen LogP contribution in [0.5, 0.6) is 5.75 Å². The molecule has 0 unspecified atom stereocenters. The molecule has 0 aliphatic carbocycles. The van der Waals surface area contributed by atoms with Gasteiger partial charge in [0.25, 0.3) is 5.91 Å². The van der Waals surface area contributed by atoms with Gasteiger partial charge < -0.3 is 68.7 Å². The minimum Gasteiger partial charge on any atom is -0.508 e. The first kappa shape index (κ1) is 75.3. The summed E-state index contributed by atoms with van der Waals surface area (Å²) in [4.78, 5) is 160. The standard InChI is InChI=1S/C76H82F2N14O11S2/c1-76-27-10-29-92(76)73(101)61(32-44-18-22-52(93)23-19-44)86-66(96)40-91-63-17-6-5-15-53(63)67(47-13-3-2-4-14-47)89-69(74(91)102)90-72(100)60(34-49-38-82-57-25-21-51(78)36-55(49)57)87-71(99)59(33-48-37-81-56-24-20-50(77)35-54(48)56)85-65(95)39-83-70(98)58(16-7-8-28-79)84-64(94)26-30-104-41-45-11-9-12-46(31-45)42-105-43-62(68(80)97)88-75(76)103/h2-6,9,11-15,17-25,31,35-38,58-62,69,81-82,93H,7-8,10,16,26-30,32-34,39-43,79H2,1H3,(H2,80,97)(H,83,98)(H,84,94)(H,85,95)(H,86,96)(H,87,99)(H,88,103)(H,90,100)/t58-,59-,60+,61-,62-,69-,76-/m0/s1. The van der Waals surface area contributed by atoms with Crippen molar-refractivity contribution in [2.24, 2.45) is 16.5 Å². The lowest BCUT2D eigenvalue weighted by Gasteiger charge is -2.37. The monoisotopic (exact) mass is 1470 g/mol. The van der Waals surface area contributed by atoms with Crippen molar-refractivity contribution in [3.05, 3.63) is 202 Å². The van der Waals surface area contributed by atoms with Gasteiger partial charge in [-0.3, -0.25) is 52.8 Å². The molecule has 11 rings (SSSR count). The number of hydrogen-bond donors (Lipinski definition) is 12. The maximum Gasteiger partial charge on any atom is 0.272 e. The summed E-state index contributed by atoms with van der Waals surface area (Å²) in [5.74, 6) is -7.94. The van der Waals surface area contributed by atoms with E-state index in [0.717, 1.165) is 16.0 Å². The highest BCUT2D eigenvalue weighted by Gasteiger charge is 2.49. The fraction of sp³-hybridized carbons (Fsp3) is 0.329. The van der Waals surface area contributed by atoms with Crippen molar-refractivity contribution in [3.8, 4) is 5.75 Å². The first-order valence-electron chi connectivity index (χ1n) is 34.6. The highest BCUT2D eigenvalue weighted by molar-refractivity contribution is 7.98. The number of aromatic hydroxyl groups is 1. The Morgan fingerprint density at radius 3 is 1.94 bits per heavy atom. The number of aromatic amines is 2. The summed E-state index contributed by atoms with van der Waals surface area (Å²) < 4.78 is 30.1. The number of primary amides is 1. The lowest BCUT2D eigenvalue weighted by molar-refractivity contribution is -0.147. The third kappa shape index (κ3) is 18.9. The Hall–Kier alpha value is -10.9. The summed E-state index contributed by atoms with van der Waals surface area (Å²) in [5.41, 5.74) is 15.3. The van der Waals surface area contributed by atoms with Crippen molar-refractivity contribution in [1.29, 1.82) is 0 Å². The largest absolute Gasteiger partial charge is 0.508 e. The zero-order valence-electron chi connectivity index (χ0n) is 57.5. The van der Waals surface area contributed by atoms with Gasteiger partial charge in [0.05, 0.1) is 17.9 Å². The van der Waals surface area contributed by atoms with Gasteiger partial charge in [-0.2, -0.15) is 23.5 Å². The molecule has 10 amide bonds. The quantitative estimate of drug-likeness (QED) is 0.0709. The lowest BCUT2D eigenvalue weighted by Crippen LogP contribution is -2.62. The average molecular weight is 1470 g/mol. The Kier molecular flexibility index (Phi) is 24.8. The molecule has 1 saturated heterocycles. The molecule has 14 N–H and O–H groups in total. The van der Waals surface area contributed by atoms with E-state index in [1.807, 2.05) is 24.3 Å². The molecule has 3 aliphatic rings. The van der Waals surface area contributed by atoms with Gasteiger partial charge in [-0.15, -0.1) is 0 Å². The Balaban J connectivity index is 0.957. The van der Waals surface area contributed by atoms with Crippen LogP contribution in [-0.4, -0.2) is 164 Å². The Labute approximate surface area is 612 Å². The molecule has 0 radical (unpaired) electrons. The van der Waals surface area contributed by atoms with E-state index in [0.29, 0.717) is 92.7 Å². The molecule has 7 atom stereocenters. The molecule has 3 aliphatic heterocycles. The number of amides is 10. The second-order valence-electron chi connectivity index (χ2n) is 26.3. The minimum absolute atomic E-state index is 0.0276. The summed E-state index contributed by atoms with van der Waals surface area (Å²) in [6.07, 6.45) is 1.95. The second kappa shape index (κ2) is 34.6. The summed E-state index contributed by atoms with van der Waals surface area (Å²) >= 11 is 2.83. The summed E-state index contributed by atoms with van der Waals surface area (Å²) in [7, 11) is 0. The Morgan fingerprint density at radius 1 is 0.638 bits per heavy atom. The van der Waals surface area contributed by atoms with Crippen LogP contribution < -0.4 is 53.6 Å². The van der Waals surface area contributed by atoms with Gasteiger partial charge in [0, 0.05) is 101 Å². The topological polar surface area (TPSA) is 378 Å². The molecule has 0 saturated carbocycles. The van der Waals surface area contributed by atoms with E-state index in [-0.39, 0.29) is 68.0 Å². The molecule has 6 aromatic carbocycles. The number of aliphatic imine (C=N–C) groups is 1. The van der Waals surface area contributed by atoms with E-state index >= 15 is 28.4 Å². The molecule has 2 aromatic heterocycles. The number of carbonyl (C=O) groups excluding carboxylic acids is 10. The molecule has 8 aromatic rings. The van der Waals surface area contributed by atoms with E-state index in [1.165, 1.54) is 89.3 Å². The number of nitrogens with zero attached hydrogens (tertiary/aromatic N) is 3. The number of anilines is 1. The summed E-state index contributed by atoms with van der Waals surface area (Å²) in [6.45, 7) is 0.438. The predicted molar refractivity (Wildman–Crippen MR) is 396 cm³/mol. The Morgan fingerprint density at radius 2 is 1.27 bits per heavy atom. The van der Waals surface area contributed by atoms with E-state index in [4.69, 9.17) is 16.5 Å². The molecular weight excluding hydrogens is 1390 g/mol. The van der Waals surface area contributed by atoms with Crippen molar-refractivity contribution >= 4 is 116 Å². The van der Waals surface area contributed by atoms with Crippen molar-refractivity contribution in [2.75, 3.05) is 42.6 Å². The van der Waals surface area contributed by atoms with E-state index in [9.17, 15) is 33.5 Å². The molecule has 105 heavy (non-hydrogen) atoms. The number of rotatable bonds is 12. The lowest BCUT2D eigenvalue weighted by atomic mass is 9.95. The summed E-state index contributed by atoms with van der Waals surface area (Å²) in [6, 6.07) is 29.8. The Bertz CT molecular complexity index is 4600. The first-order chi connectivity index (χ1) is 50.6. The molecule has 548 valence electrons. The van der Waals surface area contributed by atoms with Crippen molar-refractivity contribution in [1.82, 2.24) is 52.1 Å². The number of hydrogen-bond acceptors (Lipinski definition) is 15. The van der Waals surface area contributed by atoms with Crippen LogP contribution in [0.3, 0.4) is 0 Å².